The van der Waals surface area contributed by atoms with E-state index in [1.54, 1.807) is 6.92 Å². The third kappa shape index (κ3) is 2.93. The number of hydrogen-bond acceptors (Lipinski definition) is 4. The molecule has 1 radical (unpaired) electrons. The molecular formula is C11H19O5. The van der Waals surface area contributed by atoms with Crippen LogP contribution in [0.4, 0.5) is 0 Å². The molecule has 0 saturated heterocycles. The molecule has 16 heavy (non-hydrogen) atoms. The minimum atomic E-state index is -1.44. The molecule has 1 aliphatic carbocycles. The lowest BCUT2D eigenvalue weighted by Crippen LogP contribution is -2.50. The Labute approximate surface area is 95.0 Å². The Balaban J connectivity index is 2.73. The molecule has 93 valence electrons. The summed E-state index contributed by atoms with van der Waals surface area (Å²) in [5, 5.41) is 30.8. The first kappa shape index (κ1) is 13.4. The number of aliphatic hydroxyl groups is 2. The van der Waals surface area contributed by atoms with E-state index in [0.29, 0.717) is 12.8 Å². The van der Waals surface area contributed by atoms with Crippen molar-refractivity contribution in [3.8, 4) is 0 Å². The Bertz CT molecular complexity index is 235. The summed E-state index contributed by atoms with van der Waals surface area (Å²) in [7, 11) is 0. The highest BCUT2D eigenvalue weighted by atomic mass is 16.6. The first-order chi connectivity index (χ1) is 7.53. The maximum absolute atomic E-state index is 12.3. The number of ether oxygens (including phenoxy) is 1. The maximum atomic E-state index is 12.3. The summed E-state index contributed by atoms with van der Waals surface area (Å²) in [6.45, 7) is 1.06. The number of rotatable bonds is 5. The lowest BCUT2D eigenvalue weighted by atomic mass is 9.91. The molecule has 5 heteroatoms. The van der Waals surface area contributed by atoms with Gasteiger partial charge in [0.25, 0.3) is 0 Å². The number of carbonyl (C=O) groups is 1. The highest BCUT2D eigenvalue weighted by Gasteiger charge is 2.47. The normalized spacial score (nSPS) is 22.8. The van der Waals surface area contributed by atoms with Crippen molar-refractivity contribution in [2.45, 2.75) is 56.8 Å². The van der Waals surface area contributed by atoms with Gasteiger partial charge in [-0.15, -0.1) is 0 Å². The summed E-state index contributed by atoms with van der Waals surface area (Å²) in [6.07, 6.45) is 0.0600. The van der Waals surface area contributed by atoms with Gasteiger partial charge in [0.2, 0.25) is 0 Å². The quantitative estimate of drug-likeness (QED) is 0.671. The molecule has 0 spiro atoms. The van der Waals surface area contributed by atoms with Crippen molar-refractivity contribution in [1.29, 1.82) is 0 Å². The highest BCUT2D eigenvalue weighted by molar-refractivity contribution is 5.69. The van der Waals surface area contributed by atoms with Gasteiger partial charge in [-0.1, -0.05) is 19.8 Å². The summed E-state index contributed by atoms with van der Waals surface area (Å²) in [5.74, 6) is -0.514. The summed E-state index contributed by atoms with van der Waals surface area (Å²) in [5.41, 5.74) is -1.44. The predicted octanol–water partition coefficient (Wildman–Crippen LogP) is 0.405. The van der Waals surface area contributed by atoms with Gasteiger partial charge in [-0.2, -0.15) is 0 Å². The topological polar surface area (TPSA) is 86.7 Å². The van der Waals surface area contributed by atoms with Crippen LogP contribution >= 0.6 is 0 Å². The van der Waals surface area contributed by atoms with Crippen LogP contribution in [0.5, 0.6) is 0 Å². The molecule has 2 atom stereocenters. The van der Waals surface area contributed by atoms with Gasteiger partial charge in [-0.25, -0.2) is 5.11 Å². The number of hydrogen-bond donors (Lipinski definition) is 2. The number of carbonyl (C=O) groups excluding carboxylic acids is 1. The Morgan fingerprint density at radius 1 is 1.44 bits per heavy atom. The van der Waals surface area contributed by atoms with Gasteiger partial charge in [0.05, 0.1) is 6.61 Å². The summed E-state index contributed by atoms with van der Waals surface area (Å²) in [6, 6.07) is 0. The largest absolute Gasteiger partial charge is 0.456 e. The van der Waals surface area contributed by atoms with Crippen molar-refractivity contribution in [2.75, 3.05) is 6.61 Å². The Morgan fingerprint density at radius 2 is 2.00 bits per heavy atom. The highest BCUT2D eigenvalue weighted by Crippen LogP contribution is 2.36. The van der Waals surface area contributed by atoms with Crippen LogP contribution in [0.1, 0.15) is 39.0 Å². The van der Waals surface area contributed by atoms with E-state index in [2.05, 4.69) is 0 Å². The minimum absolute atomic E-state index is 0.157. The van der Waals surface area contributed by atoms with E-state index in [0.717, 1.165) is 12.8 Å². The molecule has 0 aromatic heterocycles. The fourth-order valence-electron chi connectivity index (χ4n) is 2.12. The van der Waals surface area contributed by atoms with E-state index in [1.165, 1.54) is 0 Å². The molecule has 2 N–H and O–H groups in total. The molecule has 0 aromatic rings. The van der Waals surface area contributed by atoms with Crippen LogP contribution in [0.3, 0.4) is 0 Å². The zero-order valence-corrected chi connectivity index (χ0v) is 9.52. The van der Waals surface area contributed by atoms with Crippen molar-refractivity contribution < 1.29 is 24.9 Å². The molecule has 2 unspecified atom stereocenters. The molecule has 1 fully saturated rings. The fourth-order valence-corrected chi connectivity index (χ4v) is 2.12. The van der Waals surface area contributed by atoms with Crippen LogP contribution in [-0.4, -0.2) is 40.6 Å². The zero-order chi connectivity index (χ0) is 12.2. The third-order valence-corrected chi connectivity index (χ3v) is 3.05. The number of aliphatic hydroxyl groups excluding tert-OH is 2. The number of esters is 1. The van der Waals surface area contributed by atoms with E-state index >= 15 is 0 Å². The molecule has 1 saturated carbocycles. The van der Waals surface area contributed by atoms with Crippen LogP contribution in [0.25, 0.3) is 0 Å². The molecule has 1 rings (SSSR count). The Kier molecular flexibility index (Phi) is 4.70. The van der Waals surface area contributed by atoms with Crippen molar-refractivity contribution in [2.24, 2.45) is 0 Å². The molecular weight excluding hydrogens is 212 g/mol. The van der Waals surface area contributed by atoms with Crippen LogP contribution in [-0.2, 0) is 14.6 Å². The second-order valence-corrected chi connectivity index (χ2v) is 4.29. The van der Waals surface area contributed by atoms with Crippen LogP contribution in [0.15, 0.2) is 0 Å². The van der Waals surface area contributed by atoms with Crippen molar-refractivity contribution >= 4 is 5.97 Å². The smallest absolute Gasteiger partial charge is 0.305 e. The van der Waals surface area contributed by atoms with Gasteiger partial charge in [0.1, 0.15) is 11.7 Å². The minimum Gasteiger partial charge on any atom is -0.456 e. The van der Waals surface area contributed by atoms with E-state index in [-0.39, 0.29) is 6.42 Å². The van der Waals surface area contributed by atoms with Crippen molar-refractivity contribution in [3.63, 3.8) is 0 Å². The summed E-state index contributed by atoms with van der Waals surface area (Å²) in [4.78, 5) is 11.2. The van der Waals surface area contributed by atoms with Crippen molar-refractivity contribution in [1.82, 2.24) is 0 Å². The SMILES string of the molecule is CCC(=O)OC(C(O)CO)C1([O])CCCC1. The lowest BCUT2D eigenvalue weighted by molar-refractivity contribution is -0.196. The van der Waals surface area contributed by atoms with Gasteiger partial charge in [-0.05, 0) is 12.8 Å². The van der Waals surface area contributed by atoms with Crippen LogP contribution in [0.2, 0.25) is 0 Å². The molecule has 0 aromatic carbocycles. The second-order valence-electron chi connectivity index (χ2n) is 4.29. The van der Waals surface area contributed by atoms with Gasteiger partial charge in [0.15, 0.2) is 6.10 Å². The monoisotopic (exact) mass is 231 g/mol. The molecule has 5 nitrogen and oxygen atoms in total. The van der Waals surface area contributed by atoms with E-state index < -0.39 is 30.4 Å². The van der Waals surface area contributed by atoms with Crippen LogP contribution in [0, 0.1) is 0 Å². The van der Waals surface area contributed by atoms with Gasteiger partial charge >= 0.3 is 5.97 Å². The van der Waals surface area contributed by atoms with E-state index in [1.807, 2.05) is 0 Å². The first-order valence-electron chi connectivity index (χ1n) is 5.72. The summed E-state index contributed by atoms with van der Waals surface area (Å²) >= 11 is 0. The summed E-state index contributed by atoms with van der Waals surface area (Å²) < 4.78 is 4.98. The molecule has 0 bridgehead atoms. The predicted molar refractivity (Wildman–Crippen MR) is 55.1 cm³/mol. The third-order valence-electron chi connectivity index (χ3n) is 3.05. The van der Waals surface area contributed by atoms with Gasteiger partial charge in [-0.3, -0.25) is 4.79 Å². The van der Waals surface area contributed by atoms with E-state index in [9.17, 15) is 15.0 Å². The average Bonchev–Trinajstić information content (AvgIpc) is 2.72. The Hall–Kier alpha value is -0.650. The second kappa shape index (κ2) is 5.61. The standard InChI is InChI=1S/C11H19O5/c1-2-9(14)16-10(8(13)7-12)11(15)5-3-4-6-11/h8,10,12-13H,2-7H2,1H3. The van der Waals surface area contributed by atoms with Crippen molar-refractivity contribution in [3.05, 3.63) is 0 Å². The zero-order valence-electron chi connectivity index (χ0n) is 9.52. The van der Waals surface area contributed by atoms with Gasteiger partial charge in [0, 0.05) is 6.42 Å². The first-order valence-corrected chi connectivity index (χ1v) is 5.72. The molecule has 0 amide bonds. The lowest BCUT2D eigenvalue weighted by Gasteiger charge is -2.32. The van der Waals surface area contributed by atoms with Crippen LogP contribution < -0.4 is 0 Å². The molecule has 1 aliphatic rings. The van der Waals surface area contributed by atoms with Gasteiger partial charge < -0.3 is 14.9 Å². The molecule has 0 aliphatic heterocycles. The average molecular weight is 231 g/mol. The Morgan fingerprint density at radius 3 is 2.44 bits per heavy atom. The van der Waals surface area contributed by atoms with E-state index in [4.69, 9.17) is 9.84 Å². The fraction of sp³-hybridized carbons (Fsp3) is 0.909. The molecule has 0 heterocycles. The maximum Gasteiger partial charge on any atom is 0.305 e.